The molecule has 0 N–H and O–H groups in total. The lowest BCUT2D eigenvalue weighted by molar-refractivity contribution is -0.120. The van der Waals surface area contributed by atoms with Gasteiger partial charge in [-0.15, -0.1) is 0 Å². The van der Waals surface area contributed by atoms with E-state index in [0.29, 0.717) is 12.4 Å². The minimum Gasteiger partial charge on any atom is -0.465 e. The molecule has 2 heterocycles. The van der Waals surface area contributed by atoms with Crippen molar-refractivity contribution in [3.63, 3.8) is 0 Å². The Bertz CT molecular complexity index is 1260. The zero-order chi connectivity index (χ0) is 23.2. The minimum atomic E-state index is -0.0525. The van der Waals surface area contributed by atoms with Gasteiger partial charge in [-0.2, -0.15) is 0 Å². The van der Waals surface area contributed by atoms with Crippen LogP contribution >= 0.6 is 0 Å². The fourth-order valence-electron chi connectivity index (χ4n) is 3.99. The number of aromatic nitrogens is 2. The number of imidazole rings is 1. The van der Waals surface area contributed by atoms with Crippen LogP contribution in [0.1, 0.15) is 36.6 Å². The van der Waals surface area contributed by atoms with Crippen LogP contribution in [0.5, 0.6) is 0 Å². The summed E-state index contributed by atoms with van der Waals surface area (Å²) in [7, 11) is 0. The Hall–Kier alpha value is -3.64. The molecule has 0 fully saturated rings. The number of rotatable bonds is 9. The SMILES string of the molecule is CCOCN(C(=O)Cn1c(/C=C/c2ccco2)nc2ccccc21)c1c(C)cccc1CC. The van der Waals surface area contributed by atoms with E-state index in [2.05, 4.69) is 13.0 Å². The van der Waals surface area contributed by atoms with Crippen LogP contribution in [0, 0.1) is 6.92 Å². The van der Waals surface area contributed by atoms with Gasteiger partial charge in [0.05, 0.1) is 23.0 Å². The molecule has 0 aliphatic heterocycles. The highest BCUT2D eigenvalue weighted by molar-refractivity contribution is 5.96. The maximum absolute atomic E-state index is 13.7. The zero-order valence-electron chi connectivity index (χ0n) is 19.3. The number of hydrogen-bond donors (Lipinski definition) is 0. The van der Waals surface area contributed by atoms with Crippen LogP contribution < -0.4 is 4.90 Å². The molecule has 0 aliphatic carbocycles. The first-order chi connectivity index (χ1) is 16.1. The van der Waals surface area contributed by atoms with Gasteiger partial charge in [-0.1, -0.05) is 37.3 Å². The largest absolute Gasteiger partial charge is 0.465 e. The van der Waals surface area contributed by atoms with Gasteiger partial charge < -0.3 is 13.7 Å². The molecule has 6 nitrogen and oxygen atoms in total. The highest BCUT2D eigenvalue weighted by Gasteiger charge is 2.22. The van der Waals surface area contributed by atoms with Crippen molar-refractivity contribution in [1.29, 1.82) is 0 Å². The van der Waals surface area contributed by atoms with Gasteiger partial charge in [-0.05, 0) is 67.8 Å². The Morgan fingerprint density at radius 3 is 2.70 bits per heavy atom. The predicted molar refractivity (Wildman–Crippen MR) is 132 cm³/mol. The molecule has 170 valence electrons. The second-order valence-electron chi connectivity index (χ2n) is 7.77. The molecule has 0 saturated carbocycles. The third kappa shape index (κ3) is 4.91. The van der Waals surface area contributed by atoms with Gasteiger partial charge in [-0.3, -0.25) is 9.69 Å². The number of carbonyl (C=O) groups is 1. The molecule has 0 radical (unpaired) electrons. The van der Waals surface area contributed by atoms with Crippen LogP contribution in [0.15, 0.2) is 65.3 Å². The molecule has 4 rings (SSSR count). The summed E-state index contributed by atoms with van der Waals surface area (Å²) < 4.78 is 13.1. The molecule has 33 heavy (non-hydrogen) atoms. The summed E-state index contributed by atoms with van der Waals surface area (Å²) in [5.74, 6) is 1.37. The Kier molecular flexibility index (Phi) is 7.05. The molecular weight excluding hydrogens is 414 g/mol. The van der Waals surface area contributed by atoms with Crippen molar-refractivity contribution in [3.05, 3.63) is 83.6 Å². The quantitative estimate of drug-likeness (QED) is 0.312. The van der Waals surface area contributed by atoms with Crippen LogP contribution in [-0.2, 0) is 22.5 Å². The summed E-state index contributed by atoms with van der Waals surface area (Å²) in [5, 5.41) is 0. The topological polar surface area (TPSA) is 60.5 Å². The molecule has 0 unspecified atom stereocenters. The van der Waals surface area contributed by atoms with E-state index < -0.39 is 0 Å². The molecular formula is C27H29N3O3. The second-order valence-corrected chi connectivity index (χ2v) is 7.77. The molecule has 1 amide bonds. The first-order valence-electron chi connectivity index (χ1n) is 11.3. The number of ether oxygens (including phenoxy) is 1. The summed E-state index contributed by atoms with van der Waals surface area (Å²) in [6, 6.07) is 17.7. The molecule has 2 aromatic carbocycles. The summed E-state index contributed by atoms with van der Waals surface area (Å²) >= 11 is 0. The van der Waals surface area contributed by atoms with Gasteiger partial charge in [0.25, 0.3) is 0 Å². The first-order valence-corrected chi connectivity index (χ1v) is 11.3. The van der Waals surface area contributed by atoms with Crippen molar-refractivity contribution in [2.45, 2.75) is 33.7 Å². The van der Waals surface area contributed by atoms with E-state index in [9.17, 15) is 4.79 Å². The molecule has 0 bridgehead atoms. The number of benzene rings is 2. The van der Waals surface area contributed by atoms with Crippen molar-refractivity contribution < 1.29 is 13.9 Å². The van der Waals surface area contributed by atoms with E-state index >= 15 is 0 Å². The molecule has 6 heteroatoms. The molecule has 4 aromatic rings. The Labute approximate surface area is 194 Å². The maximum atomic E-state index is 13.7. The number of furan rings is 1. The Balaban J connectivity index is 1.73. The van der Waals surface area contributed by atoms with Crippen molar-refractivity contribution in [1.82, 2.24) is 9.55 Å². The van der Waals surface area contributed by atoms with E-state index in [4.69, 9.17) is 14.1 Å². The van der Waals surface area contributed by atoms with Crippen molar-refractivity contribution in [2.24, 2.45) is 0 Å². The summed E-state index contributed by atoms with van der Waals surface area (Å²) in [4.78, 5) is 20.2. The van der Waals surface area contributed by atoms with Gasteiger partial charge in [0.1, 0.15) is 24.9 Å². The van der Waals surface area contributed by atoms with Gasteiger partial charge in [0.15, 0.2) is 0 Å². The highest BCUT2D eigenvalue weighted by Crippen LogP contribution is 2.27. The number of para-hydroxylation sites is 3. The van der Waals surface area contributed by atoms with Crippen molar-refractivity contribution in [3.8, 4) is 0 Å². The van der Waals surface area contributed by atoms with Gasteiger partial charge >= 0.3 is 0 Å². The number of anilines is 1. The number of fused-ring (bicyclic) bond motifs is 1. The smallest absolute Gasteiger partial charge is 0.248 e. The van der Waals surface area contributed by atoms with Crippen molar-refractivity contribution in [2.75, 3.05) is 18.2 Å². The summed E-state index contributed by atoms with van der Waals surface area (Å²) in [5.41, 5.74) is 4.84. The normalized spacial score (nSPS) is 11.5. The standard InChI is InChI=1S/C27H29N3O3/c1-4-21-11-8-10-20(3)27(21)30(19-32-5-2)26(31)18-29-24-14-7-6-13-23(24)28-25(29)16-15-22-12-9-17-33-22/h6-17H,4-5,18-19H2,1-3H3/b16-15+. The van der Waals surface area contributed by atoms with Crippen LogP contribution in [0.25, 0.3) is 23.2 Å². The van der Waals surface area contributed by atoms with E-state index in [0.717, 1.165) is 40.0 Å². The van der Waals surface area contributed by atoms with E-state index in [1.54, 1.807) is 11.2 Å². The number of aryl methyl sites for hydroxylation is 2. The average Bonchev–Trinajstić information content (AvgIpc) is 3.47. The summed E-state index contributed by atoms with van der Waals surface area (Å²) in [6.45, 7) is 6.94. The monoisotopic (exact) mass is 443 g/mol. The average molecular weight is 444 g/mol. The van der Waals surface area contributed by atoms with Gasteiger partial charge in [-0.25, -0.2) is 4.98 Å². The molecule has 0 saturated heterocycles. The lowest BCUT2D eigenvalue weighted by Crippen LogP contribution is -2.37. The molecule has 0 spiro atoms. The van der Waals surface area contributed by atoms with Crippen LogP contribution in [-0.4, -0.2) is 28.8 Å². The third-order valence-electron chi connectivity index (χ3n) is 5.62. The lowest BCUT2D eigenvalue weighted by Gasteiger charge is -2.27. The minimum absolute atomic E-state index is 0.0525. The fourth-order valence-corrected chi connectivity index (χ4v) is 3.99. The van der Waals surface area contributed by atoms with E-state index in [1.165, 1.54) is 0 Å². The number of carbonyl (C=O) groups excluding carboxylic acids is 1. The predicted octanol–water partition coefficient (Wildman–Crippen LogP) is 5.70. The summed E-state index contributed by atoms with van der Waals surface area (Å²) in [6.07, 6.45) is 6.20. The van der Waals surface area contributed by atoms with Crippen LogP contribution in [0.3, 0.4) is 0 Å². The number of nitrogens with zero attached hydrogens (tertiary/aromatic N) is 3. The zero-order valence-corrected chi connectivity index (χ0v) is 19.3. The molecule has 0 aliphatic rings. The van der Waals surface area contributed by atoms with E-state index in [-0.39, 0.29) is 19.2 Å². The van der Waals surface area contributed by atoms with Gasteiger partial charge in [0, 0.05) is 6.61 Å². The van der Waals surface area contributed by atoms with Gasteiger partial charge in [0.2, 0.25) is 5.91 Å². The number of amides is 1. The number of hydrogen-bond acceptors (Lipinski definition) is 4. The first kappa shape index (κ1) is 22.6. The third-order valence-corrected chi connectivity index (χ3v) is 5.62. The lowest BCUT2D eigenvalue weighted by atomic mass is 10.0. The van der Waals surface area contributed by atoms with Crippen LogP contribution in [0.4, 0.5) is 5.69 Å². The highest BCUT2D eigenvalue weighted by atomic mass is 16.5. The molecule has 0 atom stereocenters. The van der Waals surface area contributed by atoms with E-state index in [1.807, 2.05) is 79.1 Å². The van der Waals surface area contributed by atoms with Crippen molar-refractivity contribution >= 4 is 34.8 Å². The Morgan fingerprint density at radius 2 is 1.94 bits per heavy atom. The van der Waals surface area contributed by atoms with Crippen LogP contribution in [0.2, 0.25) is 0 Å². The second kappa shape index (κ2) is 10.3. The fraction of sp³-hybridized carbons (Fsp3) is 0.259. The Morgan fingerprint density at radius 1 is 1.09 bits per heavy atom. The molecule has 2 aromatic heterocycles. The maximum Gasteiger partial charge on any atom is 0.248 e.